The van der Waals surface area contributed by atoms with Crippen LogP contribution < -0.4 is 0 Å². The molecule has 0 saturated heterocycles. The van der Waals surface area contributed by atoms with E-state index >= 15 is 0 Å². The van der Waals surface area contributed by atoms with Crippen molar-refractivity contribution in [3.8, 4) is 0 Å². The fourth-order valence-electron chi connectivity index (χ4n) is 2.22. The van der Waals surface area contributed by atoms with Gasteiger partial charge in [0, 0.05) is 25.1 Å². The molecule has 1 atom stereocenters. The molecule has 0 fully saturated rings. The maximum Gasteiger partial charge on any atom is 0.160 e. The highest BCUT2D eigenvalue weighted by atomic mass is 35.5. The number of alkyl halides is 1. The van der Waals surface area contributed by atoms with Crippen molar-refractivity contribution in [3.63, 3.8) is 0 Å². The van der Waals surface area contributed by atoms with Crippen molar-refractivity contribution >= 4 is 22.8 Å². The highest BCUT2D eigenvalue weighted by Crippen LogP contribution is 2.17. The zero-order valence-corrected chi connectivity index (χ0v) is 12.4. The predicted molar refractivity (Wildman–Crippen MR) is 77.8 cm³/mol. The lowest BCUT2D eigenvalue weighted by molar-refractivity contribution is 0.0641. The summed E-state index contributed by atoms with van der Waals surface area (Å²) in [5, 5.41) is 0. The number of hydrogen-bond acceptors (Lipinski definition) is 3. The summed E-state index contributed by atoms with van der Waals surface area (Å²) in [5.41, 5.74) is 2.97. The highest BCUT2D eigenvalue weighted by Gasteiger charge is 2.14. The van der Waals surface area contributed by atoms with Crippen molar-refractivity contribution in [2.45, 2.75) is 39.8 Å². The molecule has 0 aliphatic rings. The number of rotatable bonds is 6. The molecule has 0 bridgehead atoms. The SMILES string of the molecule is CCOC(C)Cn1c(CCCl)nc2cc(C)cnc21. The minimum absolute atomic E-state index is 0.138. The average Bonchev–Trinajstić information content (AvgIpc) is 2.67. The summed E-state index contributed by atoms with van der Waals surface area (Å²) < 4.78 is 7.73. The first-order valence-corrected chi connectivity index (χ1v) is 7.18. The molecule has 2 aromatic heterocycles. The van der Waals surface area contributed by atoms with Crippen LogP contribution in [0.5, 0.6) is 0 Å². The lowest BCUT2D eigenvalue weighted by atomic mass is 10.3. The third-order valence-electron chi connectivity index (χ3n) is 3.01. The Morgan fingerprint density at radius 2 is 2.26 bits per heavy atom. The minimum Gasteiger partial charge on any atom is -0.377 e. The second-order valence-corrected chi connectivity index (χ2v) is 5.08. The topological polar surface area (TPSA) is 39.9 Å². The van der Waals surface area contributed by atoms with Gasteiger partial charge in [0.25, 0.3) is 0 Å². The minimum atomic E-state index is 0.138. The molecule has 2 aromatic rings. The van der Waals surface area contributed by atoms with E-state index in [4.69, 9.17) is 16.3 Å². The second kappa shape index (κ2) is 6.35. The monoisotopic (exact) mass is 281 g/mol. The fraction of sp³-hybridized carbons (Fsp3) is 0.571. The van der Waals surface area contributed by atoms with E-state index in [2.05, 4.69) is 27.5 Å². The third kappa shape index (κ3) is 3.25. The molecule has 0 N–H and O–H groups in total. The van der Waals surface area contributed by atoms with Crippen LogP contribution in [0.1, 0.15) is 25.2 Å². The maximum absolute atomic E-state index is 5.86. The van der Waals surface area contributed by atoms with Crippen LogP contribution in [0.3, 0.4) is 0 Å². The molecule has 19 heavy (non-hydrogen) atoms. The number of fused-ring (bicyclic) bond motifs is 1. The molecule has 0 aliphatic heterocycles. The van der Waals surface area contributed by atoms with Gasteiger partial charge in [-0.05, 0) is 32.4 Å². The Kier molecular flexibility index (Phi) is 4.77. The van der Waals surface area contributed by atoms with Crippen LogP contribution in [-0.2, 0) is 17.7 Å². The molecular weight excluding hydrogens is 262 g/mol. The van der Waals surface area contributed by atoms with Crippen LogP contribution >= 0.6 is 11.6 Å². The zero-order chi connectivity index (χ0) is 13.8. The van der Waals surface area contributed by atoms with Crippen LogP contribution in [0.15, 0.2) is 12.3 Å². The summed E-state index contributed by atoms with van der Waals surface area (Å²) in [4.78, 5) is 9.14. The van der Waals surface area contributed by atoms with Crippen LogP contribution in [-0.4, -0.2) is 33.1 Å². The summed E-state index contributed by atoms with van der Waals surface area (Å²) in [6.45, 7) is 7.56. The van der Waals surface area contributed by atoms with Crippen molar-refractivity contribution < 1.29 is 4.74 Å². The molecule has 0 saturated carbocycles. The number of nitrogens with zero attached hydrogens (tertiary/aromatic N) is 3. The summed E-state index contributed by atoms with van der Waals surface area (Å²) in [7, 11) is 0. The molecule has 1 unspecified atom stereocenters. The molecule has 0 amide bonds. The van der Waals surface area contributed by atoms with Crippen molar-refractivity contribution in [1.82, 2.24) is 14.5 Å². The first-order valence-electron chi connectivity index (χ1n) is 6.65. The van der Waals surface area contributed by atoms with E-state index in [0.717, 1.165) is 35.5 Å². The van der Waals surface area contributed by atoms with E-state index in [9.17, 15) is 0 Å². The number of aryl methyl sites for hydroxylation is 2. The highest BCUT2D eigenvalue weighted by molar-refractivity contribution is 6.17. The molecule has 4 nitrogen and oxygen atoms in total. The van der Waals surface area contributed by atoms with Gasteiger partial charge in [-0.15, -0.1) is 11.6 Å². The lowest BCUT2D eigenvalue weighted by Gasteiger charge is -2.14. The van der Waals surface area contributed by atoms with Gasteiger partial charge in [-0.1, -0.05) is 0 Å². The van der Waals surface area contributed by atoms with E-state index < -0.39 is 0 Å². The third-order valence-corrected chi connectivity index (χ3v) is 3.20. The molecule has 0 radical (unpaired) electrons. The molecule has 0 spiro atoms. The van der Waals surface area contributed by atoms with Crippen LogP contribution in [0.4, 0.5) is 0 Å². The second-order valence-electron chi connectivity index (χ2n) is 4.70. The number of pyridine rings is 1. The van der Waals surface area contributed by atoms with Gasteiger partial charge >= 0.3 is 0 Å². The van der Waals surface area contributed by atoms with Crippen molar-refractivity contribution in [1.29, 1.82) is 0 Å². The van der Waals surface area contributed by atoms with Crippen molar-refractivity contribution in [3.05, 3.63) is 23.7 Å². The Bertz CT molecular complexity index is 553. The van der Waals surface area contributed by atoms with Gasteiger partial charge in [0.1, 0.15) is 11.3 Å². The first-order chi connectivity index (χ1) is 9.15. The van der Waals surface area contributed by atoms with Gasteiger partial charge in [-0.2, -0.15) is 0 Å². The van der Waals surface area contributed by atoms with E-state index in [1.165, 1.54) is 0 Å². The fourth-order valence-corrected chi connectivity index (χ4v) is 2.39. The molecule has 2 heterocycles. The Balaban J connectivity index is 2.39. The van der Waals surface area contributed by atoms with Gasteiger partial charge < -0.3 is 9.30 Å². The predicted octanol–water partition coefficient (Wildman–Crippen LogP) is 2.95. The average molecular weight is 282 g/mol. The standard InChI is InChI=1S/C14H20ClN3O/c1-4-19-11(3)9-18-13(5-6-15)17-12-7-10(2)8-16-14(12)18/h7-8,11H,4-6,9H2,1-3H3. The van der Waals surface area contributed by atoms with E-state index in [1.807, 2.05) is 20.0 Å². The van der Waals surface area contributed by atoms with Gasteiger partial charge in [0.05, 0.1) is 12.6 Å². The van der Waals surface area contributed by atoms with E-state index in [-0.39, 0.29) is 6.10 Å². The quantitative estimate of drug-likeness (QED) is 0.764. The van der Waals surface area contributed by atoms with Gasteiger partial charge in [0.15, 0.2) is 5.65 Å². The number of ether oxygens (including phenoxy) is 1. The molecule has 2 rings (SSSR count). The van der Waals surface area contributed by atoms with Crippen LogP contribution in [0, 0.1) is 6.92 Å². The Labute approximate surface area is 118 Å². The summed E-state index contributed by atoms with van der Waals surface area (Å²) in [6.07, 6.45) is 2.76. The normalized spacial score (nSPS) is 13.1. The summed E-state index contributed by atoms with van der Waals surface area (Å²) in [6, 6.07) is 2.06. The Morgan fingerprint density at radius 3 is 2.95 bits per heavy atom. The summed E-state index contributed by atoms with van der Waals surface area (Å²) in [5.74, 6) is 1.54. The first kappa shape index (κ1) is 14.3. The molecule has 0 aliphatic carbocycles. The van der Waals surface area contributed by atoms with E-state index in [0.29, 0.717) is 12.5 Å². The molecule has 104 valence electrons. The molecule has 0 aromatic carbocycles. The zero-order valence-electron chi connectivity index (χ0n) is 11.7. The number of halogens is 1. The summed E-state index contributed by atoms with van der Waals surface area (Å²) >= 11 is 5.86. The number of hydrogen-bond donors (Lipinski definition) is 0. The van der Waals surface area contributed by atoms with Crippen molar-refractivity contribution in [2.75, 3.05) is 12.5 Å². The van der Waals surface area contributed by atoms with Gasteiger partial charge in [0.2, 0.25) is 0 Å². The molecular formula is C14H20ClN3O. The van der Waals surface area contributed by atoms with Gasteiger partial charge in [-0.3, -0.25) is 0 Å². The Hall–Kier alpha value is -1.13. The van der Waals surface area contributed by atoms with Gasteiger partial charge in [-0.25, -0.2) is 9.97 Å². The number of imidazole rings is 1. The van der Waals surface area contributed by atoms with Crippen molar-refractivity contribution in [2.24, 2.45) is 0 Å². The smallest absolute Gasteiger partial charge is 0.160 e. The van der Waals surface area contributed by atoms with Crippen LogP contribution in [0.2, 0.25) is 0 Å². The largest absolute Gasteiger partial charge is 0.377 e. The number of aromatic nitrogens is 3. The Morgan fingerprint density at radius 1 is 1.47 bits per heavy atom. The lowest BCUT2D eigenvalue weighted by Crippen LogP contribution is -2.18. The maximum atomic E-state index is 5.86. The van der Waals surface area contributed by atoms with Crippen LogP contribution in [0.25, 0.3) is 11.2 Å². The molecule has 5 heteroatoms. The van der Waals surface area contributed by atoms with E-state index in [1.54, 1.807) is 0 Å².